The highest BCUT2D eigenvalue weighted by Gasteiger charge is 2.35. The van der Waals surface area contributed by atoms with Crippen molar-refractivity contribution in [3.05, 3.63) is 22.8 Å². The zero-order chi connectivity index (χ0) is 14.9. The smallest absolute Gasteiger partial charge is 0.410 e. The van der Waals surface area contributed by atoms with Gasteiger partial charge in [0, 0.05) is 36.2 Å². The Kier molecular flexibility index (Phi) is 4.44. The monoisotopic (exact) mass is 344 g/mol. The van der Waals surface area contributed by atoms with Crippen LogP contribution in [0.25, 0.3) is 0 Å². The SMILES string of the molecule is CC(C)(C)OC(=O)N1CC(CN2C=C(Br)C=CC2O)C1. The van der Waals surface area contributed by atoms with Crippen LogP contribution in [-0.4, -0.2) is 52.5 Å². The highest BCUT2D eigenvalue weighted by Crippen LogP contribution is 2.23. The second-order valence-corrected chi connectivity index (χ2v) is 7.15. The predicted octanol–water partition coefficient (Wildman–Crippen LogP) is 2.28. The van der Waals surface area contributed by atoms with Gasteiger partial charge in [-0.05, 0) is 48.9 Å². The van der Waals surface area contributed by atoms with Gasteiger partial charge < -0.3 is 19.6 Å². The van der Waals surface area contributed by atoms with Crippen molar-refractivity contribution >= 4 is 22.0 Å². The van der Waals surface area contributed by atoms with E-state index in [0.717, 1.165) is 11.0 Å². The number of rotatable bonds is 2. The first kappa shape index (κ1) is 15.4. The topological polar surface area (TPSA) is 53.0 Å². The minimum absolute atomic E-state index is 0.260. The summed E-state index contributed by atoms with van der Waals surface area (Å²) in [5.74, 6) is 0.361. The van der Waals surface area contributed by atoms with Gasteiger partial charge in [0.15, 0.2) is 0 Å². The highest BCUT2D eigenvalue weighted by atomic mass is 79.9. The number of aliphatic hydroxyl groups is 1. The summed E-state index contributed by atoms with van der Waals surface area (Å²) in [7, 11) is 0. The molecule has 5 nitrogen and oxygen atoms in total. The van der Waals surface area contributed by atoms with Crippen LogP contribution in [0.3, 0.4) is 0 Å². The molecular weight excluding hydrogens is 324 g/mol. The van der Waals surface area contributed by atoms with Crippen LogP contribution in [0.15, 0.2) is 22.8 Å². The van der Waals surface area contributed by atoms with Crippen molar-refractivity contribution in [2.45, 2.75) is 32.6 Å². The Balaban J connectivity index is 1.77. The molecule has 0 spiro atoms. The van der Waals surface area contributed by atoms with Crippen molar-refractivity contribution in [2.24, 2.45) is 5.92 Å². The van der Waals surface area contributed by atoms with Gasteiger partial charge in [0.25, 0.3) is 0 Å². The number of aliphatic hydroxyl groups excluding tert-OH is 1. The normalized spacial score (nSPS) is 23.4. The first-order chi connectivity index (χ1) is 9.24. The van der Waals surface area contributed by atoms with Gasteiger partial charge in [0.2, 0.25) is 0 Å². The fourth-order valence-electron chi connectivity index (χ4n) is 2.19. The molecule has 2 aliphatic rings. The van der Waals surface area contributed by atoms with Crippen LogP contribution in [0.1, 0.15) is 20.8 Å². The minimum Gasteiger partial charge on any atom is -0.444 e. The maximum atomic E-state index is 11.8. The summed E-state index contributed by atoms with van der Waals surface area (Å²) in [6.45, 7) is 7.66. The molecule has 2 heterocycles. The van der Waals surface area contributed by atoms with Crippen LogP contribution in [0.5, 0.6) is 0 Å². The van der Waals surface area contributed by atoms with E-state index in [1.54, 1.807) is 11.0 Å². The Morgan fingerprint density at radius 2 is 2.15 bits per heavy atom. The van der Waals surface area contributed by atoms with Crippen LogP contribution >= 0.6 is 15.9 Å². The Morgan fingerprint density at radius 3 is 2.75 bits per heavy atom. The van der Waals surface area contributed by atoms with E-state index in [4.69, 9.17) is 4.74 Å². The van der Waals surface area contributed by atoms with Gasteiger partial charge >= 0.3 is 6.09 Å². The van der Waals surface area contributed by atoms with Crippen molar-refractivity contribution in [1.82, 2.24) is 9.80 Å². The molecule has 1 N–H and O–H groups in total. The van der Waals surface area contributed by atoms with Crippen LogP contribution in [0.4, 0.5) is 4.79 Å². The molecule has 0 aromatic heterocycles. The fourth-order valence-corrected chi connectivity index (χ4v) is 2.60. The molecular formula is C14H21BrN2O3. The number of halogens is 1. The van der Waals surface area contributed by atoms with E-state index >= 15 is 0 Å². The van der Waals surface area contributed by atoms with Crippen molar-refractivity contribution < 1.29 is 14.6 Å². The summed E-state index contributed by atoms with van der Waals surface area (Å²) in [4.78, 5) is 15.4. The summed E-state index contributed by atoms with van der Waals surface area (Å²) in [5.41, 5.74) is -0.455. The van der Waals surface area contributed by atoms with Crippen molar-refractivity contribution in [1.29, 1.82) is 0 Å². The number of likely N-dealkylation sites (tertiary alicyclic amines) is 1. The Bertz CT molecular complexity index is 436. The zero-order valence-electron chi connectivity index (χ0n) is 12.0. The Hall–Kier alpha value is -1.01. The molecule has 0 aliphatic carbocycles. The Labute approximate surface area is 128 Å². The third-order valence-electron chi connectivity index (χ3n) is 3.13. The number of hydrogen-bond acceptors (Lipinski definition) is 4. The largest absolute Gasteiger partial charge is 0.444 e. The first-order valence-corrected chi connectivity index (χ1v) is 7.51. The standard InChI is InChI=1S/C14H21BrN2O3/c1-14(2,3)20-13(19)17-7-10(8-17)6-16-9-11(15)4-5-12(16)18/h4-5,9-10,12,18H,6-8H2,1-3H3. The summed E-state index contributed by atoms with van der Waals surface area (Å²) in [5, 5.41) is 9.85. The fraction of sp³-hybridized carbons (Fsp3) is 0.643. The van der Waals surface area contributed by atoms with Crippen molar-refractivity contribution in [3.63, 3.8) is 0 Å². The van der Waals surface area contributed by atoms with Crippen molar-refractivity contribution in [3.8, 4) is 0 Å². The van der Waals surface area contributed by atoms with E-state index in [-0.39, 0.29) is 6.09 Å². The zero-order valence-corrected chi connectivity index (χ0v) is 13.6. The van der Waals surface area contributed by atoms with E-state index in [9.17, 15) is 9.90 Å². The van der Waals surface area contributed by atoms with E-state index in [2.05, 4.69) is 15.9 Å². The lowest BCUT2D eigenvalue weighted by Gasteiger charge is -2.42. The lowest BCUT2D eigenvalue weighted by molar-refractivity contribution is -0.0133. The summed E-state index contributed by atoms with van der Waals surface area (Å²) >= 11 is 3.39. The molecule has 1 unspecified atom stereocenters. The number of nitrogens with zero attached hydrogens (tertiary/aromatic N) is 2. The molecule has 20 heavy (non-hydrogen) atoms. The van der Waals surface area contributed by atoms with Crippen LogP contribution in [0.2, 0.25) is 0 Å². The lowest BCUT2D eigenvalue weighted by atomic mass is 10.00. The third-order valence-corrected chi connectivity index (χ3v) is 3.60. The molecule has 1 atom stereocenters. The Morgan fingerprint density at radius 1 is 1.50 bits per heavy atom. The summed E-state index contributed by atoms with van der Waals surface area (Å²) in [6.07, 6.45) is 4.58. The van der Waals surface area contributed by atoms with Crippen molar-refractivity contribution in [2.75, 3.05) is 19.6 Å². The van der Waals surface area contributed by atoms with Gasteiger partial charge in [-0.15, -0.1) is 0 Å². The third kappa shape index (κ3) is 3.99. The average molecular weight is 345 g/mol. The molecule has 0 aromatic rings. The van der Waals surface area contributed by atoms with Crippen LogP contribution in [-0.2, 0) is 4.74 Å². The van der Waals surface area contributed by atoms with Gasteiger partial charge in [-0.1, -0.05) is 0 Å². The quantitative estimate of drug-likeness (QED) is 0.834. The summed E-state index contributed by atoms with van der Waals surface area (Å²) in [6, 6.07) is 0. The number of hydrogen-bond donors (Lipinski definition) is 1. The molecule has 0 bridgehead atoms. The first-order valence-electron chi connectivity index (χ1n) is 6.72. The maximum Gasteiger partial charge on any atom is 0.410 e. The molecule has 1 amide bonds. The second-order valence-electron chi connectivity index (χ2n) is 6.23. The molecule has 2 rings (SSSR count). The number of carbonyl (C=O) groups excluding carboxylic acids is 1. The molecule has 6 heteroatoms. The molecule has 112 valence electrons. The van der Waals surface area contributed by atoms with E-state index in [0.29, 0.717) is 19.0 Å². The molecule has 1 fully saturated rings. The van der Waals surface area contributed by atoms with Crippen LogP contribution < -0.4 is 0 Å². The van der Waals surface area contributed by atoms with Gasteiger partial charge in [-0.25, -0.2) is 4.79 Å². The summed E-state index contributed by atoms with van der Waals surface area (Å²) < 4.78 is 6.25. The number of ether oxygens (including phenoxy) is 1. The second kappa shape index (κ2) is 5.77. The van der Waals surface area contributed by atoms with Gasteiger partial charge in [0.1, 0.15) is 11.8 Å². The molecule has 0 radical (unpaired) electrons. The molecule has 0 saturated carbocycles. The molecule has 0 aromatic carbocycles. The van der Waals surface area contributed by atoms with Gasteiger partial charge in [0.05, 0.1) is 0 Å². The highest BCUT2D eigenvalue weighted by molar-refractivity contribution is 9.11. The van der Waals surface area contributed by atoms with E-state index < -0.39 is 11.8 Å². The number of amides is 1. The average Bonchev–Trinajstić information content (AvgIpc) is 2.24. The van der Waals surface area contributed by atoms with Crippen LogP contribution in [0, 0.1) is 5.92 Å². The predicted molar refractivity (Wildman–Crippen MR) is 80.2 cm³/mol. The van der Waals surface area contributed by atoms with Gasteiger partial charge in [-0.2, -0.15) is 0 Å². The van der Waals surface area contributed by atoms with E-state index in [1.807, 2.05) is 37.9 Å². The number of allylic oxidation sites excluding steroid dienone is 2. The molecule has 2 aliphatic heterocycles. The molecule has 1 saturated heterocycles. The maximum absolute atomic E-state index is 11.8. The van der Waals surface area contributed by atoms with Gasteiger partial charge in [-0.3, -0.25) is 0 Å². The lowest BCUT2D eigenvalue weighted by Crippen LogP contribution is -2.55. The van der Waals surface area contributed by atoms with E-state index in [1.165, 1.54) is 0 Å². The minimum atomic E-state index is -0.591. The number of carbonyl (C=O) groups is 1.